The van der Waals surface area contributed by atoms with E-state index in [1.54, 1.807) is 0 Å². The van der Waals surface area contributed by atoms with E-state index in [1.807, 2.05) is 50.1 Å². The Morgan fingerprint density at radius 3 is 2.91 bits per heavy atom. The molecule has 1 fully saturated rings. The minimum Gasteiger partial charge on any atom is -0.444 e. The Balaban J connectivity index is 1.76. The van der Waals surface area contributed by atoms with Crippen LogP contribution in [0.4, 0.5) is 4.79 Å². The highest BCUT2D eigenvalue weighted by Crippen LogP contribution is 2.20. The summed E-state index contributed by atoms with van der Waals surface area (Å²) in [6.07, 6.45) is 2.63. The molecule has 22 heavy (non-hydrogen) atoms. The zero-order chi connectivity index (χ0) is 16.2. The van der Waals surface area contributed by atoms with Gasteiger partial charge < -0.3 is 15.0 Å². The van der Waals surface area contributed by atoms with Gasteiger partial charge >= 0.3 is 6.09 Å². The van der Waals surface area contributed by atoms with Crippen LogP contribution >= 0.6 is 0 Å². The van der Waals surface area contributed by atoms with Gasteiger partial charge in [-0.15, -0.1) is 0 Å². The zero-order valence-corrected chi connectivity index (χ0v) is 14.0. The number of rotatable bonds is 4. The lowest BCUT2D eigenvalue weighted by molar-refractivity contribution is 0.0288. The van der Waals surface area contributed by atoms with Crippen molar-refractivity contribution >= 4 is 6.09 Å². The number of likely N-dealkylation sites (tertiary alicyclic amines) is 1. The zero-order valence-electron chi connectivity index (χ0n) is 14.0. The van der Waals surface area contributed by atoms with Gasteiger partial charge in [-0.3, -0.25) is 4.98 Å². The van der Waals surface area contributed by atoms with Crippen molar-refractivity contribution in [3.63, 3.8) is 0 Å². The summed E-state index contributed by atoms with van der Waals surface area (Å²) in [5, 5.41) is 3.51. The Bertz CT molecular complexity index is 484. The van der Waals surface area contributed by atoms with E-state index in [1.165, 1.54) is 0 Å². The Labute approximate surface area is 133 Å². The van der Waals surface area contributed by atoms with Crippen LogP contribution in [0.5, 0.6) is 0 Å². The molecule has 0 aliphatic carbocycles. The lowest BCUT2D eigenvalue weighted by Gasteiger charge is -2.24. The second kappa shape index (κ2) is 7.09. The van der Waals surface area contributed by atoms with Gasteiger partial charge in [0.2, 0.25) is 0 Å². The third-order valence-electron chi connectivity index (χ3n) is 3.78. The molecular weight excluding hydrogens is 278 g/mol. The van der Waals surface area contributed by atoms with Gasteiger partial charge in [-0.05, 0) is 52.2 Å². The summed E-state index contributed by atoms with van der Waals surface area (Å²) in [6, 6.07) is 6.17. The predicted octanol–water partition coefficient (Wildman–Crippen LogP) is 2.99. The summed E-state index contributed by atoms with van der Waals surface area (Å²) in [6.45, 7) is 10.2. The number of pyridine rings is 1. The molecule has 0 unspecified atom stereocenters. The number of amides is 1. The Kier molecular flexibility index (Phi) is 5.40. The molecule has 1 amide bonds. The number of ether oxygens (including phenoxy) is 1. The van der Waals surface area contributed by atoms with E-state index in [-0.39, 0.29) is 12.1 Å². The molecule has 1 aliphatic heterocycles. The van der Waals surface area contributed by atoms with Gasteiger partial charge in [0.25, 0.3) is 0 Å². The number of aromatic nitrogens is 1. The maximum Gasteiger partial charge on any atom is 0.410 e. The van der Waals surface area contributed by atoms with Crippen LogP contribution in [0.15, 0.2) is 24.4 Å². The highest BCUT2D eigenvalue weighted by molar-refractivity contribution is 5.68. The molecule has 0 aromatic carbocycles. The Morgan fingerprint density at radius 1 is 1.50 bits per heavy atom. The van der Waals surface area contributed by atoms with Gasteiger partial charge in [0.1, 0.15) is 5.60 Å². The molecule has 2 atom stereocenters. The molecule has 1 aromatic heterocycles. The fourth-order valence-corrected chi connectivity index (χ4v) is 2.57. The average Bonchev–Trinajstić information content (AvgIpc) is 2.93. The molecule has 1 aromatic rings. The maximum atomic E-state index is 12.0. The van der Waals surface area contributed by atoms with Crippen LogP contribution in [-0.4, -0.2) is 41.2 Å². The molecule has 2 heterocycles. The van der Waals surface area contributed by atoms with E-state index >= 15 is 0 Å². The first-order chi connectivity index (χ1) is 10.3. The van der Waals surface area contributed by atoms with Crippen LogP contribution < -0.4 is 5.32 Å². The molecule has 2 rings (SSSR count). The van der Waals surface area contributed by atoms with Crippen molar-refractivity contribution in [2.24, 2.45) is 5.92 Å². The van der Waals surface area contributed by atoms with Crippen LogP contribution in [0.25, 0.3) is 0 Å². The van der Waals surface area contributed by atoms with Gasteiger partial charge in [0.05, 0.1) is 5.69 Å². The van der Waals surface area contributed by atoms with E-state index < -0.39 is 5.60 Å². The first-order valence-electron chi connectivity index (χ1n) is 7.97. The number of nitrogens with one attached hydrogen (secondary N) is 1. The fourth-order valence-electron chi connectivity index (χ4n) is 2.57. The average molecular weight is 305 g/mol. The van der Waals surface area contributed by atoms with Crippen LogP contribution in [0.3, 0.4) is 0 Å². The van der Waals surface area contributed by atoms with Crippen LogP contribution in [0.2, 0.25) is 0 Å². The molecule has 1 N–H and O–H groups in total. The third-order valence-corrected chi connectivity index (χ3v) is 3.78. The maximum absolute atomic E-state index is 12.0. The monoisotopic (exact) mass is 305 g/mol. The van der Waals surface area contributed by atoms with Crippen molar-refractivity contribution in [1.82, 2.24) is 15.2 Å². The van der Waals surface area contributed by atoms with E-state index in [0.29, 0.717) is 5.92 Å². The van der Waals surface area contributed by atoms with E-state index in [2.05, 4.69) is 17.2 Å². The van der Waals surface area contributed by atoms with E-state index in [4.69, 9.17) is 4.74 Å². The smallest absolute Gasteiger partial charge is 0.410 e. The van der Waals surface area contributed by atoms with Gasteiger partial charge in [-0.1, -0.05) is 6.07 Å². The number of nitrogens with zero attached hydrogens (tertiary/aromatic N) is 2. The van der Waals surface area contributed by atoms with Crippen molar-refractivity contribution in [3.8, 4) is 0 Å². The normalized spacial score (nSPS) is 20.0. The summed E-state index contributed by atoms with van der Waals surface area (Å²) >= 11 is 0. The van der Waals surface area contributed by atoms with Crippen molar-refractivity contribution in [2.75, 3.05) is 19.6 Å². The van der Waals surface area contributed by atoms with Crippen molar-refractivity contribution in [1.29, 1.82) is 0 Å². The minimum atomic E-state index is -0.430. The second-order valence-electron chi connectivity index (χ2n) is 6.97. The first-order valence-corrected chi connectivity index (χ1v) is 7.97. The molecular formula is C17H27N3O2. The number of carbonyl (C=O) groups is 1. The lowest BCUT2D eigenvalue weighted by Crippen LogP contribution is -2.36. The van der Waals surface area contributed by atoms with Crippen LogP contribution in [-0.2, 0) is 4.74 Å². The minimum absolute atomic E-state index is 0.201. The molecule has 0 bridgehead atoms. The highest BCUT2D eigenvalue weighted by atomic mass is 16.6. The SMILES string of the molecule is C[C@H](NC[C@@H]1CCN(C(=O)OC(C)(C)C)C1)c1ccccn1. The van der Waals surface area contributed by atoms with Gasteiger partial charge in [0.15, 0.2) is 0 Å². The van der Waals surface area contributed by atoms with Crippen molar-refractivity contribution in [2.45, 2.75) is 45.8 Å². The summed E-state index contributed by atoms with van der Waals surface area (Å²) in [4.78, 5) is 18.2. The molecule has 1 aliphatic rings. The van der Waals surface area contributed by atoms with Crippen LogP contribution in [0.1, 0.15) is 45.9 Å². The molecule has 0 saturated carbocycles. The van der Waals surface area contributed by atoms with Gasteiger partial charge in [0, 0.05) is 31.9 Å². The largest absolute Gasteiger partial charge is 0.444 e. The summed E-state index contributed by atoms with van der Waals surface area (Å²) in [5.41, 5.74) is 0.616. The van der Waals surface area contributed by atoms with Gasteiger partial charge in [-0.25, -0.2) is 4.79 Å². The summed E-state index contributed by atoms with van der Waals surface area (Å²) in [7, 11) is 0. The molecule has 5 heteroatoms. The second-order valence-corrected chi connectivity index (χ2v) is 6.97. The van der Waals surface area contributed by atoms with Crippen molar-refractivity contribution < 1.29 is 9.53 Å². The van der Waals surface area contributed by atoms with Crippen molar-refractivity contribution in [3.05, 3.63) is 30.1 Å². The topological polar surface area (TPSA) is 54.5 Å². The predicted molar refractivity (Wildman–Crippen MR) is 86.6 cm³/mol. The van der Waals surface area contributed by atoms with Gasteiger partial charge in [-0.2, -0.15) is 0 Å². The van der Waals surface area contributed by atoms with Crippen LogP contribution in [0, 0.1) is 5.92 Å². The standard InChI is InChI=1S/C17H27N3O2/c1-13(15-7-5-6-9-18-15)19-11-14-8-10-20(12-14)16(21)22-17(2,3)4/h5-7,9,13-14,19H,8,10-12H2,1-4H3/t13-,14-/m0/s1. The molecule has 1 saturated heterocycles. The molecule has 0 spiro atoms. The molecule has 122 valence electrons. The Hall–Kier alpha value is -1.62. The number of carbonyl (C=O) groups excluding carboxylic acids is 1. The third kappa shape index (κ3) is 4.98. The first kappa shape index (κ1) is 16.7. The molecule has 0 radical (unpaired) electrons. The molecule has 5 nitrogen and oxygen atoms in total. The summed E-state index contributed by atoms with van der Waals surface area (Å²) < 4.78 is 5.42. The Morgan fingerprint density at radius 2 is 2.27 bits per heavy atom. The van der Waals surface area contributed by atoms with E-state index in [0.717, 1.165) is 31.7 Å². The number of hydrogen-bond acceptors (Lipinski definition) is 4. The number of hydrogen-bond donors (Lipinski definition) is 1. The fraction of sp³-hybridized carbons (Fsp3) is 0.647. The summed E-state index contributed by atoms with van der Waals surface area (Å²) in [5.74, 6) is 0.471. The quantitative estimate of drug-likeness (QED) is 0.929. The highest BCUT2D eigenvalue weighted by Gasteiger charge is 2.29. The lowest BCUT2D eigenvalue weighted by atomic mass is 10.1. The van der Waals surface area contributed by atoms with E-state index in [9.17, 15) is 4.79 Å².